The van der Waals surface area contributed by atoms with Crippen LogP contribution >= 0.6 is 11.3 Å². The summed E-state index contributed by atoms with van der Waals surface area (Å²) in [5.74, 6) is -12.9. The van der Waals surface area contributed by atoms with Crippen molar-refractivity contribution in [1.29, 1.82) is 0 Å². The van der Waals surface area contributed by atoms with Gasteiger partial charge in [-0.15, -0.1) is 11.3 Å². The molecular weight excluding hydrogens is 480 g/mol. The molecule has 1 aromatic heterocycles. The van der Waals surface area contributed by atoms with E-state index in [9.17, 15) is 32.2 Å². The maximum Gasteiger partial charge on any atom is 0.348 e. The summed E-state index contributed by atoms with van der Waals surface area (Å²) >= 11 is -0.0590. The van der Waals surface area contributed by atoms with Crippen molar-refractivity contribution in [3.63, 3.8) is 0 Å². The van der Waals surface area contributed by atoms with Gasteiger partial charge in [0.25, 0.3) is 16.0 Å². The number of rotatable bonds is 7. The first-order valence-electron chi connectivity index (χ1n) is 7.49. The number of ether oxygens (including phenoxy) is 1. The van der Waals surface area contributed by atoms with Gasteiger partial charge in [-0.2, -0.15) is 0 Å². The highest BCUT2D eigenvalue weighted by Gasteiger charge is 2.52. The molecule has 0 aromatic carbocycles. The van der Waals surface area contributed by atoms with Gasteiger partial charge in [0, 0.05) is 18.0 Å². The molecule has 30 heavy (non-hydrogen) atoms. The second-order valence-corrected chi connectivity index (χ2v) is 11.3. The number of fused-ring (bicyclic) bond motifs is 1. The van der Waals surface area contributed by atoms with E-state index in [1.807, 2.05) is 0 Å². The average Bonchev–Trinajstić information content (AvgIpc) is 2.85. The van der Waals surface area contributed by atoms with E-state index < -0.39 is 82.0 Å². The summed E-state index contributed by atoms with van der Waals surface area (Å²) in [5, 5.41) is 89.7. The van der Waals surface area contributed by atoms with Crippen LogP contribution in [0.2, 0.25) is 0 Å². The topological polar surface area (TPSA) is 298 Å². The Morgan fingerprint density at radius 1 is 1.13 bits per heavy atom. The third-order valence-corrected chi connectivity index (χ3v) is 8.94. The number of thiophene rings is 1. The summed E-state index contributed by atoms with van der Waals surface area (Å²) < 4.78 is 51.4. The summed E-state index contributed by atoms with van der Waals surface area (Å²) in [7, 11) is -9.38. The van der Waals surface area contributed by atoms with Gasteiger partial charge in [0.15, 0.2) is 15.4 Å². The predicted octanol–water partition coefficient (Wildman–Crippen LogP) is -5.85. The molecule has 0 bridgehead atoms. The van der Waals surface area contributed by atoms with Crippen LogP contribution in [-0.2, 0) is 24.6 Å². The lowest BCUT2D eigenvalue weighted by molar-refractivity contribution is -0.457. The summed E-state index contributed by atoms with van der Waals surface area (Å²) in [6.45, 7) is -1.40. The van der Waals surface area contributed by atoms with E-state index >= 15 is 0 Å². The summed E-state index contributed by atoms with van der Waals surface area (Å²) in [4.78, 5) is 0. The number of hydrogen-bond donors (Lipinski definition) is 11. The largest absolute Gasteiger partial charge is 0.505 e. The van der Waals surface area contributed by atoms with E-state index in [0.717, 1.165) is 0 Å². The minimum atomic E-state index is -4.70. The van der Waals surface area contributed by atoms with Crippen LogP contribution in [-0.4, -0.2) is 92.7 Å². The van der Waals surface area contributed by atoms with Crippen LogP contribution in [0.25, 0.3) is 0 Å². The molecule has 2 rings (SSSR count). The smallest absolute Gasteiger partial charge is 0.348 e. The van der Waals surface area contributed by atoms with E-state index in [-0.39, 0.29) is 11.3 Å². The fraction of sp³-hybridized carbons (Fsp3) is 0.636. The SMILES string of the molecule is NS(=O)(=O)c1sc2c(c1O)C(NC(O)(O)C(O)(O)O)CC(OCC(O)(O)O)S2(=O)=O. The van der Waals surface area contributed by atoms with Crippen LogP contribution in [0, 0.1) is 0 Å². The molecule has 0 spiro atoms. The highest BCUT2D eigenvalue weighted by Crippen LogP contribution is 2.50. The van der Waals surface area contributed by atoms with E-state index in [1.54, 1.807) is 5.32 Å². The first-order chi connectivity index (χ1) is 13.2. The number of sulfone groups is 1. The quantitative estimate of drug-likeness (QED) is 0.156. The maximum absolute atomic E-state index is 12.7. The lowest BCUT2D eigenvalue weighted by Gasteiger charge is -2.37. The maximum atomic E-state index is 12.7. The highest BCUT2D eigenvalue weighted by molar-refractivity contribution is 7.95. The first-order valence-corrected chi connectivity index (χ1v) is 11.4. The molecule has 0 saturated heterocycles. The van der Waals surface area contributed by atoms with Crippen molar-refractivity contribution in [2.24, 2.45) is 5.14 Å². The fourth-order valence-corrected chi connectivity index (χ4v) is 6.99. The molecule has 2 heterocycles. The van der Waals surface area contributed by atoms with Gasteiger partial charge >= 0.3 is 11.9 Å². The molecule has 0 radical (unpaired) electrons. The van der Waals surface area contributed by atoms with Gasteiger partial charge in [0.1, 0.15) is 10.8 Å². The van der Waals surface area contributed by atoms with Crippen LogP contribution in [0.5, 0.6) is 5.75 Å². The molecule has 2 atom stereocenters. The van der Waals surface area contributed by atoms with Crippen LogP contribution in [0.3, 0.4) is 0 Å². The van der Waals surface area contributed by atoms with E-state index in [1.165, 1.54) is 0 Å². The zero-order valence-corrected chi connectivity index (χ0v) is 16.9. The number of nitrogens with one attached hydrogen (secondary N) is 1. The molecule has 0 aliphatic carbocycles. The molecule has 0 fully saturated rings. The van der Waals surface area contributed by atoms with E-state index in [4.69, 9.17) is 40.5 Å². The zero-order valence-electron chi connectivity index (χ0n) is 14.4. The number of primary sulfonamides is 1. The Hall–Kier alpha value is -1.04. The zero-order chi connectivity index (χ0) is 23.5. The van der Waals surface area contributed by atoms with Crippen molar-refractivity contribution in [2.75, 3.05) is 6.61 Å². The van der Waals surface area contributed by atoms with Crippen molar-refractivity contribution in [3.8, 4) is 5.75 Å². The van der Waals surface area contributed by atoms with Crippen LogP contribution in [0.1, 0.15) is 18.0 Å². The molecule has 1 aromatic rings. The van der Waals surface area contributed by atoms with Gasteiger partial charge in [-0.3, -0.25) is 5.32 Å². The first kappa shape index (κ1) is 25.2. The third-order valence-electron chi connectivity index (χ3n) is 3.80. The Balaban J connectivity index is 2.65. The number of hydrogen-bond acceptors (Lipinski definition) is 16. The van der Waals surface area contributed by atoms with Gasteiger partial charge < -0.3 is 50.7 Å². The van der Waals surface area contributed by atoms with Gasteiger partial charge in [-0.1, -0.05) is 0 Å². The van der Waals surface area contributed by atoms with Gasteiger partial charge in [0.05, 0.1) is 0 Å². The van der Waals surface area contributed by atoms with E-state index in [2.05, 4.69) is 0 Å². The summed E-state index contributed by atoms with van der Waals surface area (Å²) in [5.41, 5.74) is -2.90. The van der Waals surface area contributed by atoms with Gasteiger partial charge in [-0.05, 0) is 0 Å². The molecule has 174 valence electrons. The Bertz CT molecular complexity index is 1020. The predicted molar refractivity (Wildman–Crippen MR) is 90.7 cm³/mol. The summed E-state index contributed by atoms with van der Waals surface area (Å²) in [6.07, 6.45) is -0.946. The van der Waals surface area contributed by atoms with Crippen LogP contribution < -0.4 is 10.5 Å². The van der Waals surface area contributed by atoms with Crippen molar-refractivity contribution < 1.29 is 67.5 Å². The Morgan fingerprint density at radius 3 is 2.10 bits per heavy atom. The average molecular weight is 498 g/mol. The monoisotopic (exact) mass is 498 g/mol. The van der Waals surface area contributed by atoms with Crippen molar-refractivity contribution in [2.45, 2.75) is 44.2 Å². The third kappa shape index (κ3) is 4.89. The minimum absolute atomic E-state index is 0.0590. The normalized spacial score (nSPS) is 22.7. The molecular formula is C11H18N2O14S3. The Labute approximate surface area is 171 Å². The lowest BCUT2D eigenvalue weighted by Crippen LogP contribution is -2.64. The second-order valence-electron chi connectivity index (χ2n) is 6.28. The molecule has 16 nitrogen and oxygen atoms in total. The van der Waals surface area contributed by atoms with Gasteiger partial charge in [-0.25, -0.2) is 22.0 Å². The Kier molecular flexibility index (Phi) is 6.33. The van der Waals surface area contributed by atoms with Crippen molar-refractivity contribution in [1.82, 2.24) is 5.32 Å². The molecule has 1 aliphatic heterocycles. The van der Waals surface area contributed by atoms with Crippen molar-refractivity contribution >= 4 is 31.2 Å². The molecule has 2 unspecified atom stereocenters. The van der Waals surface area contributed by atoms with Gasteiger partial charge in [0.2, 0.25) is 9.84 Å². The number of aliphatic hydroxyl groups is 8. The van der Waals surface area contributed by atoms with Crippen LogP contribution in [0.4, 0.5) is 0 Å². The number of aromatic hydroxyl groups is 1. The minimum Gasteiger partial charge on any atom is -0.505 e. The molecule has 12 N–H and O–H groups in total. The van der Waals surface area contributed by atoms with E-state index in [0.29, 0.717) is 0 Å². The molecule has 19 heteroatoms. The van der Waals surface area contributed by atoms with Crippen LogP contribution in [0.15, 0.2) is 8.42 Å². The summed E-state index contributed by atoms with van der Waals surface area (Å²) in [6, 6.07) is -1.86. The molecule has 1 aliphatic rings. The highest BCUT2D eigenvalue weighted by atomic mass is 32.3. The molecule has 0 amide bonds. The second kappa shape index (κ2) is 7.53. The fourth-order valence-electron chi connectivity index (χ4n) is 2.50. The number of nitrogens with two attached hydrogens (primary N) is 1. The standard InChI is InChI=1S/C11H18N2O14S3/c12-30(25,26)8-6(14)5-3(13-10(18,19)11(20,21)22)1-4(27-2-9(15,16)17)29(23,24)7(5)28-8/h3-4,13-22H,1-2H2,(H2,12,25,26). The lowest BCUT2D eigenvalue weighted by atomic mass is 10.1. The molecule has 0 saturated carbocycles. The number of sulfonamides is 1. The Morgan fingerprint density at radius 2 is 1.67 bits per heavy atom. The van der Waals surface area contributed by atoms with Crippen molar-refractivity contribution in [3.05, 3.63) is 5.56 Å².